The second-order valence-electron chi connectivity index (χ2n) is 6.03. The Hall–Kier alpha value is -3.68. The number of hydrogen-bond donors (Lipinski definition) is 3. The van der Waals surface area contributed by atoms with Crippen LogP contribution in [0.2, 0.25) is 0 Å². The van der Waals surface area contributed by atoms with Crippen molar-refractivity contribution in [2.45, 2.75) is 19.0 Å². The Morgan fingerprint density at radius 3 is 2.68 bits per heavy atom. The van der Waals surface area contributed by atoms with Gasteiger partial charge in [-0.2, -0.15) is 9.97 Å². The molecule has 13 nitrogen and oxygen atoms in total. The van der Waals surface area contributed by atoms with Gasteiger partial charge in [0.1, 0.15) is 11.4 Å². The molecule has 0 aliphatic rings. The van der Waals surface area contributed by atoms with Crippen molar-refractivity contribution in [2.75, 3.05) is 41.9 Å². The molecule has 0 saturated heterocycles. The summed E-state index contributed by atoms with van der Waals surface area (Å²) in [6, 6.07) is 4.20. The third kappa shape index (κ3) is 5.09. The Labute approximate surface area is 181 Å². The topological polar surface area (TPSA) is 162 Å². The van der Waals surface area contributed by atoms with Crippen molar-refractivity contribution in [3.05, 3.63) is 28.3 Å². The van der Waals surface area contributed by atoms with Gasteiger partial charge in [0.2, 0.25) is 17.8 Å². The molecule has 3 aromatic rings. The Balaban J connectivity index is 1.77. The van der Waals surface area contributed by atoms with Gasteiger partial charge in [-0.3, -0.25) is 14.9 Å². The molecule has 164 valence electrons. The number of carbonyl (C=O) groups is 1. The first-order chi connectivity index (χ1) is 15.0. The minimum absolute atomic E-state index is 0.0511. The van der Waals surface area contributed by atoms with Gasteiger partial charge in [0.15, 0.2) is 5.16 Å². The van der Waals surface area contributed by atoms with E-state index in [1.165, 1.54) is 25.3 Å². The minimum atomic E-state index is -0.584. The van der Waals surface area contributed by atoms with E-state index < -0.39 is 10.8 Å². The molecule has 0 saturated carbocycles. The van der Waals surface area contributed by atoms with Crippen LogP contribution in [0.15, 0.2) is 23.4 Å². The number of rotatable bonds is 10. The average molecular weight is 447 g/mol. The van der Waals surface area contributed by atoms with Crippen LogP contribution in [0.4, 0.5) is 23.3 Å². The highest BCUT2D eigenvalue weighted by atomic mass is 32.2. The van der Waals surface area contributed by atoms with Crippen LogP contribution in [0, 0.1) is 10.1 Å². The molecular formula is C17H21N9O4S. The van der Waals surface area contributed by atoms with Crippen LogP contribution in [0.25, 0.3) is 5.78 Å². The maximum atomic E-state index is 12.4. The monoisotopic (exact) mass is 447 g/mol. The Morgan fingerprint density at radius 1 is 1.23 bits per heavy atom. The van der Waals surface area contributed by atoms with Crippen molar-refractivity contribution < 1.29 is 14.5 Å². The number of benzene rings is 1. The number of nitro groups is 1. The number of fused-ring (bicyclic) bond motifs is 1. The number of methoxy groups -OCH3 is 1. The van der Waals surface area contributed by atoms with Crippen molar-refractivity contribution in [1.82, 2.24) is 24.6 Å². The zero-order valence-corrected chi connectivity index (χ0v) is 17.9. The Morgan fingerprint density at radius 2 is 2.00 bits per heavy atom. The van der Waals surface area contributed by atoms with Crippen LogP contribution >= 0.6 is 11.8 Å². The summed E-state index contributed by atoms with van der Waals surface area (Å²) in [5, 5.41) is 28.5. The first-order valence-corrected chi connectivity index (χ1v) is 10.3. The SMILES string of the molecule is CCNc1nc(NCC)n2c(SCC(=O)Nc3ccc(OC)cc3[N+](=O)[O-])nnc2n1. The van der Waals surface area contributed by atoms with E-state index in [9.17, 15) is 14.9 Å². The zero-order chi connectivity index (χ0) is 22.4. The zero-order valence-electron chi connectivity index (χ0n) is 17.1. The van der Waals surface area contributed by atoms with E-state index >= 15 is 0 Å². The molecule has 3 rings (SSSR count). The van der Waals surface area contributed by atoms with Gasteiger partial charge in [0.25, 0.3) is 11.5 Å². The fourth-order valence-electron chi connectivity index (χ4n) is 2.61. The van der Waals surface area contributed by atoms with Gasteiger partial charge >= 0.3 is 0 Å². The number of thioether (sulfide) groups is 1. The quantitative estimate of drug-likeness (QED) is 0.237. The first kappa shape index (κ1) is 22.0. The molecule has 0 radical (unpaired) electrons. The van der Waals surface area contributed by atoms with Gasteiger partial charge in [-0.15, -0.1) is 10.2 Å². The molecular weight excluding hydrogens is 426 g/mol. The van der Waals surface area contributed by atoms with Crippen LogP contribution < -0.4 is 20.7 Å². The molecule has 0 fully saturated rings. The molecule has 2 aromatic heterocycles. The smallest absolute Gasteiger partial charge is 0.296 e. The van der Waals surface area contributed by atoms with Crippen LogP contribution in [-0.4, -0.2) is 61.3 Å². The molecule has 1 aromatic carbocycles. The van der Waals surface area contributed by atoms with Gasteiger partial charge in [0, 0.05) is 13.1 Å². The minimum Gasteiger partial charge on any atom is -0.496 e. The lowest BCUT2D eigenvalue weighted by molar-refractivity contribution is -0.384. The standard InChI is InChI=1S/C17H21N9O4S/c1-4-18-14-21-15(19-5-2)25-16(22-14)23-24-17(25)31-9-13(27)20-11-7-6-10(30-3)8-12(11)26(28)29/h6-8H,4-5,9H2,1-3H3,(H,20,27)(H2,18,19,21,22,23). The van der Waals surface area contributed by atoms with Gasteiger partial charge in [-0.1, -0.05) is 11.8 Å². The average Bonchev–Trinajstić information content (AvgIpc) is 3.16. The summed E-state index contributed by atoms with van der Waals surface area (Å²) in [6.45, 7) is 5.11. The summed E-state index contributed by atoms with van der Waals surface area (Å²) in [6.07, 6.45) is 0. The predicted octanol–water partition coefficient (Wildman–Crippen LogP) is 2.03. The highest BCUT2D eigenvalue weighted by Crippen LogP contribution is 2.29. The van der Waals surface area contributed by atoms with Crippen molar-refractivity contribution >= 4 is 46.7 Å². The molecule has 0 spiro atoms. The molecule has 1 amide bonds. The van der Waals surface area contributed by atoms with Gasteiger partial charge < -0.3 is 20.7 Å². The van der Waals surface area contributed by atoms with Gasteiger partial charge in [-0.25, -0.2) is 4.40 Å². The van der Waals surface area contributed by atoms with E-state index in [0.717, 1.165) is 11.8 Å². The molecule has 0 atom stereocenters. The van der Waals surface area contributed by atoms with Crippen molar-refractivity contribution in [3.8, 4) is 5.75 Å². The summed E-state index contributed by atoms with van der Waals surface area (Å²) >= 11 is 1.11. The fraction of sp³-hybridized carbons (Fsp3) is 0.353. The second-order valence-corrected chi connectivity index (χ2v) is 6.97. The van der Waals surface area contributed by atoms with Crippen LogP contribution in [0.5, 0.6) is 5.75 Å². The molecule has 0 unspecified atom stereocenters. The number of aromatic nitrogens is 5. The maximum Gasteiger partial charge on any atom is 0.296 e. The highest BCUT2D eigenvalue weighted by molar-refractivity contribution is 7.99. The van der Waals surface area contributed by atoms with Crippen LogP contribution in [0.1, 0.15) is 13.8 Å². The van der Waals surface area contributed by atoms with Crippen LogP contribution in [0.3, 0.4) is 0 Å². The summed E-state index contributed by atoms with van der Waals surface area (Å²) in [4.78, 5) is 31.8. The third-order valence-corrected chi connectivity index (χ3v) is 4.85. The lowest BCUT2D eigenvalue weighted by atomic mass is 10.2. The Kier molecular flexibility index (Phi) is 7.02. The second kappa shape index (κ2) is 9.88. The molecule has 2 heterocycles. The van der Waals surface area contributed by atoms with E-state index in [4.69, 9.17) is 4.74 Å². The maximum absolute atomic E-state index is 12.4. The summed E-state index contributed by atoms with van der Waals surface area (Å²) in [5.41, 5.74) is -0.182. The first-order valence-electron chi connectivity index (χ1n) is 9.32. The van der Waals surface area contributed by atoms with Gasteiger partial charge in [-0.05, 0) is 26.0 Å². The number of nitrogens with one attached hydrogen (secondary N) is 3. The molecule has 3 N–H and O–H groups in total. The molecule has 0 aliphatic carbocycles. The van der Waals surface area contributed by atoms with Crippen molar-refractivity contribution in [1.29, 1.82) is 0 Å². The van der Waals surface area contributed by atoms with E-state index in [1.54, 1.807) is 4.40 Å². The number of nitro benzene ring substituents is 1. The number of anilines is 3. The summed E-state index contributed by atoms with van der Waals surface area (Å²) in [7, 11) is 1.41. The van der Waals surface area contributed by atoms with Crippen LogP contribution in [-0.2, 0) is 4.79 Å². The number of carbonyl (C=O) groups excluding carboxylic acids is 1. The van der Waals surface area contributed by atoms with Crippen molar-refractivity contribution in [2.24, 2.45) is 0 Å². The molecule has 0 bridgehead atoms. The fourth-order valence-corrected chi connectivity index (χ4v) is 3.34. The number of nitrogens with zero attached hydrogens (tertiary/aromatic N) is 6. The predicted molar refractivity (Wildman–Crippen MR) is 116 cm³/mol. The molecule has 14 heteroatoms. The van der Waals surface area contributed by atoms with Gasteiger partial charge in [0.05, 0.1) is 23.9 Å². The highest BCUT2D eigenvalue weighted by Gasteiger charge is 2.19. The molecule has 0 aliphatic heterocycles. The number of ether oxygens (including phenoxy) is 1. The van der Waals surface area contributed by atoms with E-state index in [0.29, 0.717) is 41.7 Å². The summed E-state index contributed by atoms with van der Waals surface area (Å²) < 4.78 is 6.60. The summed E-state index contributed by atoms with van der Waals surface area (Å²) in [5.74, 6) is 1.06. The number of hydrogen-bond acceptors (Lipinski definition) is 11. The largest absolute Gasteiger partial charge is 0.496 e. The lowest BCUT2D eigenvalue weighted by Gasteiger charge is -2.10. The van der Waals surface area contributed by atoms with E-state index in [-0.39, 0.29) is 17.1 Å². The molecule has 31 heavy (non-hydrogen) atoms. The van der Waals surface area contributed by atoms with E-state index in [1.807, 2.05) is 13.8 Å². The normalized spacial score (nSPS) is 10.7. The van der Waals surface area contributed by atoms with Crippen molar-refractivity contribution in [3.63, 3.8) is 0 Å². The number of amides is 1. The van der Waals surface area contributed by atoms with E-state index in [2.05, 4.69) is 36.1 Å². The third-order valence-electron chi connectivity index (χ3n) is 3.92. The Bertz CT molecular complexity index is 1100. The lowest BCUT2D eigenvalue weighted by Crippen LogP contribution is -2.16.